The van der Waals surface area contributed by atoms with Crippen molar-refractivity contribution in [3.05, 3.63) is 59.7 Å². The Morgan fingerprint density at radius 3 is 2.69 bits per heavy atom. The Labute approximate surface area is 191 Å². The zero-order chi connectivity index (χ0) is 22.1. The molecule has 1 aromatic heterocycles. The summed E-state index contributed by atoms with van der Waals surface area (Å²) in [5, 5.41) is 3.70. The van der Waals surface area contributed by atoms with Gasteiger partial charge in [-0.15, -0.1) is 0 Å². The zero-order valence-corrected chi connectivity index (χ0v) is 19.0. The first kappa shape index (κ1) is 21.1. The van der Waals surface area contributed by atoms with Crippen LogP contribution < -0.4 is 5.32 Å². The van der Waals surface area contributed by atoms with Crippen LogP contribution >= 0.6 is 11.3 Å². The van der Waals surface area contributed by atoms with Crippen LogP contribution in [-0.2, 0) is 9.53 Å². The monoisotopic (exact) mass is 449 g/mol. The molecule has 5 rings (SSSR count). The van der Waals surface area contributed by atoms with Crippen LogP contribution in [0.4, 0.5) is 5.13 Å². The highest BCUT2D eigenvalue weighted by Gasteiger charge is 2.54. The highest BCUT2D eigenvalue weighted by molar-refractivity contribution is 7.22. The molecular formula is C25H27N3O3S. The summed E-state index contributed by atoms with van der Waals surface area (Å²) in [7, 11) is 1.65. The van der Waals surface area contributed by atoms with E-state index in [0.717, 1.165) is 47.9 Å². The van der Waals surface area contributed by atoms with E-state index in [1.807, 2.05) is 53.4 Å². The maximum atomic E-state index is 13.9. The van der Waals surface area contributed by atoms with E-state index in [-0.39, 0.29) is 11.8 Å². The van der Waals surface area contributed by atoms with Crippen LogP contribution in [0.15, 0.2) is 48.5 Å². The second kappa shape index (κ2) is 8.64. The second-order valence-corrected chi connectivity index (χ2v) is 9.64. The Balaban J connectivity index is 1.58. The van der Waals surface area contributed by atoms with Crippen LogP contribution in [0.25, 0.3) is 10.2 Å². The van der Waals surface area contributed by atoms with Gasteiger partial charge in [-0.25, -0.2) is 4.98 Å². The van der Waals surface area contributed by atoms with Crippen molar-refractivity contribution in [3.8, 4) is 0 Å². The maximum Gasteiger partial charge on any atom is 0.254 e. The number of amides is 2. The number of nitrogens with one attached hydrogen (secondary N) is 1. The van der Waals surface area contributed by atoms with Crippen molar-refractivity contribution >= 4 is 38.5 Å². The van der Waals surface area contributed by atoms with E-state index in [9.17, 15) is 9.59 Å². The largest absolute Gasteiger partial charge is 0.383 e. The molecule has 6 nitrogen and oxygen atoms in total. The molecule has 3 aromatic rings. The number of nitrogens with zero attached hydrogens (tertiary/aromatic N) is 2. The second-order valence-electron chi connectivity index (χ2n) is 8.61. The molecule has 1 N–H and O–H groups in total. The van der Waals surface area contributed by atoms with Crippen molar-refractivity contribution < 1.29 is 14.3 Å². The van der Waals surface area contributed by atoms with Crippen molar-refractivity contribution in [3.63, 3.8) is 0 Å². The highest BCUT2D eigenvalue weighted by Crippen LogP contribution is 2.49. The van der Waals surface area contributed by atoms with E-state index in [4.69, 9.17) is 4.74 Å². The smallest absolute Gasteiger partial charge is 0.254 e. The standard InChI is InChI=1S/C25H27N3O3S/c1-31-16-15-28-23(30)18-10-4-3-9-17(18)21(25(28)13-7-2-8-14-25)22(29)27-24-26-19-11-5-6-12-20(19)32-24/h3-6,9-12,21H,2,7-8,13-16H2,1H3,(H,26,27,29)/t21-/m1/s1. The van der Waals surface area contributed by atoms with Gasteiger partial charge in [0, 0.05) is 19.2 Å². The van der Waals surface area contributed by atoms with Gasteiger partial charge in [-0.1, -0.05) is 60.9 Å². The Bertz CT molecular complexity index is 1120. The molecule has 1 spiro atoms. The molecule has 166 valence electrons. The first-order valence-corrected chi connectivity index (χ1v) is 12.0. The lowest BCUT2D eigenvalue weighted by Gasteiger charge is -2.53. The summed E-state index contributed by atoms with van der Waals surface area (Å²) in [5.41, 5.74) is 1.78. The van der Waals surface area contributed by atoms with Crippen LogP contribution in [-0.4, -0.2) is 47.5 Å². The number of benzene rings is 2. The van der Waals surface area contributed by atoms with Crippen molar-refractivity contribution in [2.24, 2.45) is 0 Å². The molecule has 0 bridgehead atoms. The fraction of sp³-hybridized carbons (Fsp3) is 0.400. The van der Waals surface area contributed by atoms with E-state index in [1.54, 1.807) is 7.11 Å². The van der Waals surface area contributed by atoms with Crippen LogP contribution in [0.2, 0.25) is 0 Å². The molecule has 2 aromatic carbocycles. The number of aromatic nitrogens is 1. The van der Waals surface area contributed by atoms with E-state index in [1.165, 1.54) is 11.3 Å². The van der Waals surface area contributed by atoms with Gasteiger partial charge < -0.3 is 15.0 Å². The molecule has 1 atom stereocenters. The number of carbonyl (C=O) groups is 2. The minimum absolute atomic E-state index is 0.00332. The summed E-state index contributed by atoms with van der Waals surface area (Å²) in [6.07, 6.45) is 4.76. The van der Waals surface area contributed by atoms with Gasteiger partial charge in [0.05, 0.1) is 28.3 Å². The number of hydrogen-bond donors (Lipinski definition) is 1. The molecule has 1 fully saturated rings. The normalized spacial score (nSPS) is 19.8. The lowest BCUT2D eigenvalue weighted by Crippen LogP contribution is -2.62. The summed E-state index contributed by atoms with van der Waals surface area (Å²) in [5.74, 6) is -0.530. The minimum Gasteiger partial charge on any atom is -0.383 e. The number of thiazole rings is 1. The topological polar surface area (TPSA) is 71.5 Å². The molecular weight excluding hydrogens is 422 g/mol. The average Bonchev–Trinajstić information content (AvgIpc) is 3.22. The van der Waals surface area contributed by atoms with Gasteiger partial charge in [-0.05, 0) is 36.6 Å². The van der Waals surface area contributed by atoms with Crippen molar-refractivity contribution in [1.82, 2.24) is 9.88 Å². The third-order valence-electron chi connectivity index (χ3n) is 6.85. The summed E-state index contributed by atoms with van der Waals surface area (Å²) in [6, 6.07) is 15.4. The molecule has 0 unspecified atom stereocenters. The van der Waals surface area contributed by atoms with Crippen LogP contribution in [0.1, 0.15) is 53.9 Å². The first-order valence-electron chi connectivity index (χ1n) is 11.2. The fourth-order valence-electron chi connectivity index (χ4n) is 5.45. The highest BCUT2D eigenvalue weighted by atomic mass is 32.1. The molecule has 1 aliphatic carbocycles. The maximum absolute atomic E-state index is 13.9. The van der Waals surface area contributed by atoms with Gasteiger partial charge in [-0.2, -0.15) is 0 Å². The number of ether oxygens (including phenoxy) is 1. The lowest BCUT2D eigenvalue weighted by molar-refractivity contribution is -0.122. The van der Waals surface area contributed by atoms with Gasteiger partial charge in [-0.3, -0.25) is 9.59 Å². The van der Waals surface area contributed by atoms with Crippen LogP contribution in [0.5, 0.6) is 0 Å². The number of hydrogen-bond acceptors (Lipinski definition) is 5. The minimum atomic E-state index is -0.539. The molecule has 0 radical (unpaired) electrons. The SMILES string of the molecule is COCCN1C(=O)c2ccccc2[C@H](C(=O)Nc2nc3ccccc3s2)C12CCCCC2. The van der Waals surface area contributed by atoms with Crippen molar-refractivity contribution in [1.29, 1.82) is 0 Å². The number of carbonyl (C=O) groups excluding carboxylic acids is 2. The third kappa shape index (κ3) is 3.49. The third-order valence-corrected chi connectivity index (χ3v) is 7.80. The summed E-state index contributed by atoms with van der Waals surface area (Å²) in [6.45, 7) is 0.927. The number of para-hydroxylation sites is 1. The fourth-order valence-corrected chi connectivity index (χ4v) is 6.32. The summed E-state index contributed by atoms with van der Waals surface area (Å²) in [4.78, 5) is 34.0. The molecule has 2 aliphatic rings. The average molecular weight is 450 g/mol. The van der Waals surface area contributed by atoms with Gasteiger partial charge in [0.15, 0.2) is 5.13 Å². The van der Waals surface area contributed by atoms with Crippen molar-refractivity contribution in [2.45, 2.75) is 43.6 Å². The van der Waals surface area contributed by atoms with Gasteiger partial charge in [0.2, 0.25) is 5.91 Å². The number of methoxy groups -OCH3 is 1. The number of rotatable bonds is 5. The molecule has 2 amide bonds. The Morgan fingerprint density at radius 1 is 1.16 bits per heavy atom. The lowest BCUT2D eigenvalue weighted by atomic mass is 9.65. The predicted octanol–water partition coefficient (Wildman–Crippen LogP) is 4.82. The molecule has 2 heterocycles. The molecule has 0 saturated heterocycles. The van der Waals surface area contributed by atoms with Gasteiger partial charge in [0.1, 0.15) is 0 Å². The predicted molar refractivity (Wildman–Crippen MR) is 126 cm³/mol. The van der Waals surface area contributed by atoms with E-state index in [2.05, 4.69) is 10.3 Å². The van der Waals surface area contributed by atoms with Gasteiger partial charge in [0.25, 0.3) is 5.91 Å². The Hall–Kier alpha value is -2.77. The molecule has 1 aliphatic heterocycles. The quantitative estimate of drug-likeness (QED) is 0.606. The zero-order valence-electron chi connectivity index (χ0n) is 18.2. The molecule has 1 saturated carbocycles. The number of fused-ring (bicyclic) bond motifs is 2. The summed E-state index contributed by atoms with van der Waals surface area (Å²) >= 11 is 1.48. The van der Waals surface area contributed by atoms with Crippen LogP contribution in [0.3, 0.4) is 0 Å². The molecule has 7 heteroatoms. The number of anilines is 1. The molecule has 32 heavy (non-hydrogen) atoms. The van der Waals surface area contributed by atoms with Crippen LogP contribution in [0, 0.1) is 0 Å². The summed E-state index contributed by atoms with van der Waals surface area (Å²) < 4.78 is 6.38. The van der Waals surface area contributed by atoms with E-state index < -0.39 is 11.5 Å². The Kier molecular flexibility index (Phi) is 5.69. The first-order chi connectivity index (χ1) is 15.6. The van der Waals surface area contributed by atoms with E-state index >= 15 is 0 Å². The Morgan fingerprint density at radius 2 is 1.91 bits per heavy atom. The van der Waals surface area contributed by atoms with Gasteiger partial charge >= 0.3 is 0 Å². The van der Waals surface area contributed by atoms with Crippen molar-refractivity contribution in [2.75, 3.05) is 25.6 Å². The van der Waals surface area contributed by atoms with E-state index in [0.29, 0.717) is 23.8 Å².